The van der Waals surface area contributed by atoms with Crippen molar-refractivity contribution in [2.75, 3.05) is 26.2 Å². The Labute approximate surface area is 216 Å². The molecule has 1 saturated heterocycles. The lowest BCUT2D eigenvalue weighted by Crippen LogP contribution is -2.45. The molecule has 0 bridgehead atoms. The quantitative estimate of drug-likeness (QED) is 0.267. The summed E-state index contributed by atoms with van der Waals surface area (Å²) in [4.78, 5) is 8.95. The predicted molar refractivity (Wildman–Crippen MR) is 132 cm³/mol. The molecule has 1 aliphatic rings. The molecule has 38 heavy (non-hydrogen) atoms. The van der Waals surface area contributed by atoms with E-state index in [1.54, 1.807) is 0 Å². The van der Waals surface area contributed by atoms with Crippen LogP contribution in [0.4, 0.5) is 26.3 Å². The van der Waals surface area contributed by atoms with Crippen molar-refractivity contribution in [3.8, 4) is 0 Å². The standard InChI is InChI=1S/C28H26F6N4/c29-27(30,31)22-14-21(15-23(16-22)28(32,33)34)17-36-10-12-37(13-11-36)19-26-35-24-8-4-5-9-25(24)38(26)18-20-6-2-1-3-7-20/h1-9,14-16H,10-13,17-19H2. The molecule has 4 nitrogen and oxygen atoms in total. The third-order valence-corrected chi connectivity index (χ3v) is 6.80. The first kappa shape index (κ1) is 26.2. The van der Waals surface area contributed by atoms with Crippen LogP contribution >= 0.6 is 0 Å². The van der Waals surface area contributed by atoms with Crippen molar-refractivity contribution in [2.24, 2.45) is 0 Å². The van der Waals surface area contributed by atoms with Gasteiger partial charge in [0.05, 0.1) is 28.7 Å². The molecule has 0 amide bonds. The van der Waals surface area contributed by atoms with E-state index < -0.39 is 23.5 Å². The summed E-state index contributed by atoms with van der Waals surface area (Å²) in [6.45, 7) is 3.59. The van der Waals surface area contributed by atoms with Gasteiger partial charge in [-0.05, 0) is 41.5 Å². The smallest absolute Gasteiger partial charge is 0.322 e. The van der Waals surface area contributed by atoms with Crippen LogP contribution in [0.5, 0.6) is 0 Å². The Morgan fingerprint density at radius 3 is 1.76 bits per heavy atom. The number of rotatable bonds is 6. The van der Waals surface area contributed by atoms with E-state index in [1.807, 2.05) is 47.4 Å². The van der Waals surface area contributed by atoms with E-state index in [0.29, 0.717) is 39.3 Å². The van der Waals surface area contributed by atoms with Gasteiger partial charge in [0.15, 0.2) is 0 Å². The van der Waals surface area contributed by atoms with E-state index >= 15 is 0 Å². The third-order valence-electron chi connectivity index (χ3n) is 6.80. The van der Waals surface area contributed by atoms with E-state index in [1.165, 1.54) is 0 Å². The van der Waals surface area contributed by atoms with Crippen molar-refractivity contribution < 1.29 is 26.3 Å². The van der Waals surface area contributed by atoms with E-state index in [-0.39, 0.29) is 18.2 Å². The van der Waals surface area contributed by atoms with Gasteiger partial charge < -0.3 is 4.57 Å². The summed E-state index contributed by atoms with van der Waals surface area (Å²) in [5.41, 5.74) is 0.542. The Morgan fingerprint density at radius 1 is 0.605 bits per heavy atom. The molecule has 3 aromatic carbocycles. The molecule has 4 aromatic rings. The number of benzene rings is 3. The van der Waals surface area contributed by atoms with Crippen LogP contribution in [0.15, 0.2) is 72.8 Å². The SMILES string of the molecule is FC(F)(F)c1cc(CN2CCN(Cc3nc4ccccc4n3Cc3ccccc3)CC2)cc(C(F)(F)F)c1. The van der Waals surface area contributed by atoms with Gasteiger partial charge in [0, 0.05) is 39.3 Å². The molecule has 0 unspecified atom stereocenters. The van der Waals surface area contributed by atoms with Gasteiger partial charge in [-0.3, -0.25) is 9.80 Å². The lowest BCUT2D eigenvalue weighted by Gasteiger charge is -2.34. The summed E-state index contributed by atoms with van der Waals surface area (Å²) in [5.74, 6) is 0.913. The van der Waals surface area contributed by atoms with E-state index in [0.717, 1.165) is 34.6 Å². The molecule has 0 aliphatic carbocycles. The minimum Gasteiger partial charge on any atom is -0.322 e. The third kappa shape index (κ3) is 6.02. The molecule has 0 spiro atoms. The number of hydrogen-bond donors (Lipinski definition) is 0. The van der Waals surface area contributed by atoms with E-state index in [9.17, 15) is 26.3 Å². The molecule has 0 radical (unpaired) electrons. The van der Waals surface area contributed by atoms with Gasteiger partial charge in [-0.15, -0.1) is 0 Å². The number of piperazine rings is 1. The maximum atomic E-state index is 13.2. The Balaban J connectivity index is 1.28. The van der Waals surface area contributed by atoms with Gasteiger partial charge >= 0.3 is 12.4 Å². The summed E-state index contributed by atoms with van der Waals surface area (Å²) in [7, 11) is 0. The van der Waals surface area contributed by atoms with Crippen molar-refractivity contribution in [2.45, 2.75) is 32.0 Å². The van der Waals surface area contributed by atoms with Crippen molar-refractivity contribution in [3.63, 3.8) is 0 Å². The summed E-state index contributed by atoms with van der Waals surface area (Å²) in [6.07, 6.45) is -9.69. The van der Waals surface area contributed by atoms with Gasteiger partial charge in [-0.1, -0.05) is 42.5 Å². The normalized spacial score (nSPS) is 15.8. The van der Waals surface area contributed by atoms with Crippen molar-refractivity contribution in [1.29, 1.82) is 0 Å². The van der Waals surface area contributed by atoms with Gasteiger partial charge in [-0.2, -0.15) is 26.3 Å². The fourth-order valence-electron chi connectivity index (χ4n) is 4.86. The molecule has 0 N–H and O–H groups in total. The fourth-order valence-corrected chi connectivity index (χ4v) is 4.86. The Morgan fingerprint density at radius 2 is 1.16 bits per heavy atom. The molecule has 1 aromatic heterocycles. The Bertz CT molecular complexity index is 1350. The fraction of sp³-hybridized carbons (Fsp3) is 0.321. The molecule has 0 saturated carbocycles. The highest BCUT2D eigenvalue weighted by Crippen LogP contribution is 2.36. The topological polar surface area (TPSA) is 24.3 Å². The number of para-hydroxylation sites is 2. The second kappa shape index (κ2) is 10.4. The van der Waals surface area contributed by atoms with Gasteiger partial charge in [-0.25, -0.2) is 4.98 Å². The largest absolute Gasteiger partial charge is 0.416 e. The van der Waals surface area contributed by atoms with Crippen LogP contribution in [0.25, 0.3) is 11.0 Å². The van der Waals surface area contributed by atoms with Gasteiger partial charge in [0.1, 0.15) is 5.82 Å². The maximum Gasteiger partial charge on any atom is 0.416 e. The zero-order valence-electron chi connectivity index (χ0n) is 20.4. The second-order valence-corrected chi connectivity index (χ2v) is 9.55. The lowest BCUT2D eigenvalue weighted by atomic mass is 10.0. The lowest BCUT2D eigenvalue weighted by molar-refractivity contribution is -0.143. The van der Waals surface area contributed by atoms with Crippen molar-refractivity contribution in [3.05, 3.63) is 101 Å². The monoisotopic (exact) mass is 532 g/mol. The highest BCUT2D eigenvalue weighted by Gasteiger charge is 2.37. The first-order valence-electron chi connectivity index (χ1n) is 12.3. The summed E-state index contributed by atoms with van der Waals surface area (Å²) < 4.78 is 81.5. The van der Waals surface area contributed by atoms with E-state index in [4.69, 9.17) is 4.98 Å². The van der Waals surface area contributed by atoms with Crippen molar-refractivity contribution >= 4 is 11.0 Å². The molecule has 1 aliphatic heterocycles. The molecule has 10 heteroatoms. The Hall–Kier alpha value is -3.37. The maximum absolute atomic E-state index is 13.2. The summed E-state index contributed by atoms with van der Waals surface area (Å²) in [6, 6.07) is 19.8. The van der Waals surface area contributed by atoms with Crippen molar-refractivity contribution in [1.82, 2.24) is 19.4 Å². The number of aromatic nitrogens is 2. The molecule has 2 heterocycles. The minimum absolute atomic E-state index is 0.00486. The average Bonchev–Trinajstić information content (AvgIpc) is 3.21. The number of alkyl halides is 6. The Kier molecular flexibility index (Phi) is 7.19. The molecule has 0 atom stereocenters. The molecular weight excluding hydrogens is 506 g/mol. The molecular formula is C28H26F6N4. The summed E-state index contributed by atoms with van der Waals surface area (Å²) >= 11 is 0. The number of nitrogens with zero attached hydrogens (tertiary/aromatic N) is 4. The van der Waals surface area contributed by atoms with Crippen LogP contribution in [0.1, 0.15) is 28.1 Å². The highest BCUT2D eigenvalue weighted by atomic mass is 19.4. The van der Waals surface area contributed by atoms with E-state index in [2.05, 4.69) is 21.6 Å². The van der Waals surface area contributed by atoms with Gasteiger partial charge in [0.25, 0.3) is 0 Å². The average molecular weight is 533 g/mol. The minimum atomic E-state index is -4.85. The van der Waals surface area contributed by atoms with Crippen LogP contribution in [0.2, 0.25) is 0 Å². The molecule has 1 fully saturated rings. The van der Waals surface area contributed by atoms with Gasteiger partial charge in [0.2, 0.25) is 0 Å². The van der Waals surface area contributed by atoms with Crippen LogP contribution in [-0.2, 0) is 32.0 Å². The predicted octanol–water partition coefficient (Wildman–Crippen LogP) is 6.44. The van der Waals surface area contributed by atoms with Crippen LogP contribution in [0, 0.1) is 0 Å². The first-order valence-corrected chi connectivity index (χ1v) is 12.3. The highest BCUT2D eigenvalue weighted by molar-refractivity contribution is 5.76. The zero-order valence-corrected chi connectivity index (χ0v) is 20.4. The second-order valence-electron chi connectivity index (χ2n) is 9.55. The number of hydrogen-bond acceptors (Lipinski definition) is 3. The first-order chi connectivity index (χ1) is 18.1. The number of imidazole rings is 1. The number of halogens is 6. The zero-order chi connectivity index (χ0) is 26.9. The molecule has 5 rings (SSSR count). The van der Waals surface area contributed by atoms with Crippen LogP contribution in [-0.4, -0.2) is 45.5 Å². The number of fused-ring (bicyclic) bond motifs is 1. The molecule has 200 valence electrons. The summed E-state index contributed by atoms with van der Waals surface area (Å²) in [5, 5.41) is 0. The van der Waals surface area contributed by atoms with Crippen LogP contribution < -0.4 is 0 Å². The van der Waals surface area contributed by atoms with Crippen LogP contribution in [0.3, 0.4) is 0 Å².